The van der Waals surface area contributed by atoms with Crippen molar-refractivity contribution in [3.8, 4) is 5.75 Å². The van der Waals surface area contributed by atoms with Crippen molar-refractivity contribution in [3.05, 3.63) is 91.9 Å². The van der Waals surface area contributed by atoms with E-state index in [1.165, 1.54) is 12.3 Å². The Morgan fingerprint density at radius 2 is 1.76 bits per heavy atom. The van der Waals surface area contributed by atoms with Crippen LogP contribution in [-0.2, 0) is 9.59 Å². The lowest BCUT2D eigenvalue weighted by molar-refractivity contribution is -0.136. The van der Waals surface area contributed by atoms with E-state index in [-0.39, 0.29) is 21.5 Å². The van der Waals surface area contributed by atoms with Crippen LogP contribution in [-0.4, -0.2) is 24.0 Å². The molecule has 0 spiro atoms. The summed E-state index contributed by atoms with van der Waals surface area (Å²) >= 11 is 15.2. The van der Waals surface area contributed by atoms with E-state index >= 15 is 0 Å². The van der Waals surface area contributed by atoms with E-state index in [1.54, 1.807) is 48.5 Å². The normalized spacial score (nSPS) is 10.7. The van der Waals surface area contributed by atoms with Crippen LogP contribution < -0.4 is 15.5 Å². The van der Waals surface area contributed by atoms with E-state index in [0.717, 1.165) is 5.56 Å². The first kappa shape index (κ1) is 24.4. The van der Waals surface area contributed by atoms with Crippen LogP contribution in [0.25, 0.3) is 0 Å². The van der Waals surface area contributed by atoms with Gasteiger partial charge in [0.25, 0.3) is 0 Å². The van der Waals surface area contributed by atoms with E-state index < -0.39 is 17.8 Å². The molecule has 0 bridgehead atoms. The molecule has 0 aliphatic rings. The molecule has 2 amide bonds. The molecule has 0 atom stereocenters. The Balaban J connectivity index is 1.68. The second kappa shape index (κ2) is 11.1. The summed E-state index contributed by atoms with van der Waals surface area (Å²) in [6, 6.07) is 16.5. The highest BCUT2D eigenvalue weighted by Crippen LogP contribution is 2.29. The summed E-state index contributed by atoms with van der Waals surface area (Å²) in [6.45, 7) is 1.87. The monoisotopic (exact) mass is 547 g/mol. The first-order valence-electron chi connectivity index (χ1n) is 9.41. The van der Waals surface area contributed by atoms with Crippen LogP contribution in [0.5, 0.6) is 5.75 Å². The number of aryl methyl sites for hydroxylation is 1. The average Bonchev–Trinajstić information content (AvgIpc) is 2.78. The number of hydrazone groups is 1. The predicted molar refractivity (Wildman–Crippen MR) is 131 cm³/mol. The van der Waals surface area contributed by atoms with Crippen LogP contribution >= 0.6 is 39.1 Å². The Bertz CT molecular complexity index is 1260. The number of anilines is 1. The number of esters is 1. The van der Waals surface area contributed by atoms with E-state index in [4.69, 9.17) is 27.9 Å². The summed E-state index contributed by atoms with van der Waals surface area (Å²) in [6.07, 6.45) is 1.25. The number of nitrogens with zero attached hydrogens (tertiary/aromatic N) is 1. The van der Waals surface area contributed by atoms with E-state index in [1.807, 2.05) is 13.0 Å². The summed E-state index contributed by atoms with van der Waals surface area (Å²) in [7, 11) is 0. The molecule has 3 rings (SSSR count). The first-order chi connectivity index (χ1) is 15.7. The molecular formula is C23H16BrCl2N3O4. The zero-order valence-corrected chi connectivity index (χ0v) is 20.2. The molecule has 0 saturated heterocycles. The quantitative estimate of drug-likeness (QED) is 0.147. The van der Waals surface area contributed by atoms with Crippen molar-refractivity contribution in [1.29, 1.82) is 0 Å². The lowest BCUT2D eigenvalue weighted by Crippen LogP contribution is -2.32. The number of carbonyl (C=O) groups excluding carboxylic acids is 3. The van der Waals surface area contributed by atoms with Crippen molar-refractivity contribution < 1.29 is 19.1 Å². The maximum atomic E-state index is 12.5. The molecule has 0 fully saturated rings. The van der Waals surface area contributed by atoms with Crippen molar-refractivity contribution in [2.24, 2.45) is 5.10 Å². The molecule has 0 radical (unpaired) electrons. The van der Waals surface area contributed by atoms with Crippen LogP contribution in [0.3, 0.4) is 0 Å². The number of rotatable bonds is 5. The molecule has 168 valence electrons. The molecule has 7 nitrogen and oxygen atoms in total. The molecule has 0 aliphatic heterocycles. The van der Waals surface area contributed by atoms with Gasteiger partial charge in [0.15, 0.2) is 0 Å². The Hall–Kier alpha value is -3.20. The van der Waals surface area contributed by atoms with Gasteiger partial charge in [-0.05, 0) is 49.4 Å². The van der Waals surface area contributed by atoms with Gasteiger partial charge in [-0.2, -0.15) is 5.10 Å². The van der Waals surface area contributed by atoms with Crippen LogP contribution in [0.15, 0.2) is 70.2 Å². The van der Waals surface area contributed by atoms with Gasteiger partial charge >= 0.3 is 17.8 Å². The lowest BCUT2D eigenvalue weighted by atomic mass is 10.1. The van der Waals surface area contributed by atoms with Crippen molar-refractivity contribution in [2.45, 2.75) is 6.92 Å². The average molecular weight is 549 g/mol. The minimum Gasteiger partial charge on any atom is -0.422 e. The standard InChI is InChI=1S/C23H16BrCl2N3O4/c1-13-4-2-5-14(10-13)23(32)33-19-9-8-16(24)11-15(19)12-27-29-22(31)21(30)28-18-7-3-6-17(25)20(18)26/h2-12H,1H3,(H,28,30)(H,29,31)/b27-12+. The van der Waals surface area contributed by atoms with E-state index in [0.29, 0.717) is 15.6 Å². The van der Waals surface area contributed by atoms with Gasteiger partial charge in [0, 0.05) is 10.0 Å². The Labute approximate surface area is 207 Å². The molecule has 0 unspecified atom stereocenters. The van der Waals surface area contributed by atoms with Gasteiger partial charge in [0.2, 0.25) is 0 Å². The lowest BCUT2D eigenvalue weighted by Gasteiger charge is -2.09. The third-order valence-corrected chi connectivity index (χ3v) is 5.52. The summed E-state index contributed by atoms with van der Waals surface area (Å²) in [5.41, 5.74) is 4.00. The van der Waals surface area contributed by atoms with E-state index in [9.17, 15) is 14.4 Å². The Morgan fingerprint density at radius 1 is 1.00 bits per heavy atom. The summed E-state index contributed by atoms with van der Waals surface area (Å²) in [5.74, 6) is -2.34. The van der Waals surface area contributed by atoms with Crippen LogP contribution in [0.2, 0.25) is 10.0 Å². The summed E-state index contributed by atoms with van der Waals surface area (Å²) in [5, 5.41) is 6.48. The van der Waals surface area contributed by atoms with Gasteiger partial charge in [-0.1, -0.05) is 62.9 Å². The predicted octanol–water partition coefficient (Wildman–Crippen LogP) is 5.37. The van der Waals surface area contributed by atoms with Gasteiger partial charge in [0.05, 0.1) is 27.5 Å². The number of hydrogen-bond donors (Lipinski definition) is 2. The number of benzene rings is 3. The fourth-order valence-corrected chi connectivity index (χ4v) is 3.36. The number of amides is 2. The first-order valence-corrected chi connectivity index (χ1v) is 11.0. The highest BCUT2D eigenvalue weighted by Gasteiger charge is 2.16. The third-order valence-electron chi connectivity index (χ3n) is 4.20. The second-order valence-electron chi connectivity index (χ2n) is 6.70. The van der Waals surface area contributed by atoms with Gasteiger partial charge in [0.1, 0.15) is 5.75 Å². The smallest absolute Gasteiger partial charge is 0.343 e. The van der Waals surface area contributed by atoms with Crippen LogP contribution in [0.1, 0.15) is 21.5 Å². The Morgan fingerprint density at radius 3 is 2.52 bits per heavy atom. The molecule has 10 heteroatoms. The molecule has 0 heterocycles. The fraction of sp³-hybridized carbons (Fsp3) is 0.0435. The minimum absolute atomic E-state index is 0.109. The van der Waals surface area contributed by atoms with Crippen molar-refractivity contribution in [1.82, 2.24) is 5.43 Å². The Kier molecular flexibility index (Phi) is 8.21. The highest BCUT2D eigenvalue weighted by molar-refractivity contribution is 9.10. The number of hydrogen-bond acceptors (Lipinski definition) is 5. The number of ether oxygens (including phenoxy) is 1. The zero-order chi connectivity index (χ0) is 24.0. The van der Waals surface area contributed by atoms with Gasteiger partial charge < -0.3 is 10.1 Å². The van der Waals surface area contributed by atoms with Crippen LogP contribution in [0, 0.1) is 6.92 Å². The number of nitrogens with one attached hydrogen (secondary N) is 2. The van der Waals surface area contributed by atoms with Crippen LogP contribution in [0.4, 0.5) is 5.69 Å². The molecule has 0 saturated carbocycles. The minimum atomic E-state index is -1.03. The maximum Gasteiger partial charge on any atom is 0.343 e. The molecule has 3 aromatic rings. The van der Waals surface area contributed by atoms with Gasteiger partial charge in [-0.3, -0.25) is 9.59 Å². The number of halogens is 3. The third kappa shape index (κ3) is 6.64. The molecular weight excluding hydrogens is 533 g/mol. The second-order valence-corrected chi connectivity index (χ2v) is 8.40. The molecule has 0 aliphatic carbocycles. The fourth-order valence-electron chi connectivity index (χ4n) is 2.63. The highest BCUT2D eigenvalue weighted by atomic mass is 79.9. The molecule has 3 aromatic carbocycles. The maximum absolute atomic E-state index is 12.5. The van der Waals surface area contributed by atoms with Crippen molar-refractivity contribution >= 4 is 68.8 Å². The topological polar surface area (TPSA) is 96.9 Å². The molecule has 0 aromatic heterocycles. The number of carbonyl (C=O) groups is 3. The summed E-state index contributed by atoms with van der Waals surface area (Å²) in [4.78, 5) is 36.6. The van der Waals surface area contributed by atoms with Gasteiger partial charge in [-0.15, -0.1) is 0 Å². The van der Waals surface area contributed by atoms with Crippen molar-refractivity contribution in [2.75, 3.05) is 5.32 Å². The zero-order valence-electron chi connectivity index (χ0n) is 17.1. The molecule has 33 heavy (non-hydrogen) atoms. The summed E-state index contributed by atoms with van der Waals surface area (Å²) < 4.78 is 6.17. The largest absolute Gasteiger partial charge is 0.422 e. The van der Waals surface area contributed by atoms with E-state index in [2.05, 4.69) is 31.8 Å². The van der Waals surface area contributed by atoms with Crippen molar-refractivity contribution in [3.63, 3.8) is 0 Å². The molecule has 2 N–H and O–H groups in total. The van der Waals surface area contributed by atoms with Gasteiger partial charge in [-0.25, -0.2) is 10.2 Å². The SMILES string of the molecule is Cc1cccc(C(=O)Oc2ccc(Br)cc2/C=N/NC(=O)C(=O)Nc2cccc(Cl)c2Cl)c1.